The third kappa shape index (κ3) is 4.40. The van der Waals surface area contributed by atoms with Crippen molar-refractivity contribution in [1.82, 2.24) is 5.32 Å². The molecule has 0 spiro atoms. The van der Waals surface area contributed by atoms with Gasteiger partial charge in [0.05, 0.1) is 6.61 Å². The highest BCUT2D eigenvalue weighted by atomic mass is 19.3. The van der Waals surface area contributed by atoms with Crippen LogP contribution < -0.4 is 10.1 Å². The lowest BCUT2D eigenvalue weighted by molar-refractivity contribution is 0.0183. The summed E-state index contributed by atoms with van der Waals surface area (Å²) in [7, 11) is 0. The van der Waals surface area contributed by atoms with Crippen LogP contribution in [0.5, 0.6) is 5.75 Å². The summed E-state index contributed by atoms with van der Waals surface area (Å²) in [5.74, 6) is 0.443. The second-order valence-electron chi connectivity index (χ2n) is 4.37. The third-order valence-electron chi connectivity index (χ3n) is 2.80. The average molecular weight is 275 g/mol. The predicted molar refractivity (Wildman–Crippen MR) is 64.2 cm³/mol. The highest BCUT2D eigenvalue weighted by Gasteiger charge is 2.22. The van der Waals surface area contributed by atoms with E-state index in [-0.39, 0.29) is 18.5 Å². The molecule has 0 amide bonds. The zero-order chi connectivity index (χ0) is 13.7. The van der Waals surface area contributed by atoms with Crippen LogP contribution in [0.3, 0.4) is 0 Å². The van der Waals surface area contributed by atoms with E-state index >= 15 is 0 Å². The van der Waals surface area contributed by atoms with E-state index in [0.717, 1.165) is 5.56 Å². The number of alkyl halides is 2. The molecule has 1 aliphatic rings. The molecule has 1 aromatic rings. The Morgan fingerprint density at radius 3 is 3.05 bits per heavy atom. The van der Waals surface area contributed by atoms with Gasteiger partial charge in [-0.2, -0.15) is 0 Å². The molecule has 1 N–H and O–H groups in total. The normalized spacial score (nSPS) is 17.6. The molecule has 0 fully saturated rings. The molecule has 1 aromatic carbocycles. The van der Waals surface area contributed by atoms with Crippen LogP contribution >= 0.6 is 0 Å². The van der Waals surface area contributed by atoms with Crippen molar-refractivity contribution in [3.8, 4) is 5.75 Å². The lowest BCUT2D eigenvalue weighted by Gasteiger charge is -2.11. The Morgan fingerprint density at radius 1 is 1.42 bits per heavy atom. The first-order chi connectivity index (χ1) is 9.15. The van der Waals surface area contributed by atoms with E-state index in [1.165, 1.54) is 12.1 Å². The van der Waals surface area contributed by atoms with Gasteiger partial charge in [0.15, 0.2) is 0 Å². The molecule has 0 saturated carbocycles. The maximum Gasteiger partial charge on any atom is 0.261 e. The molecule has 0 saturated heterocycles. The molecule has 2 rings (SSSR count). The molecular formula is C13H16F3NO2. The van der Waals surface area contributed by atoms with Gasteiger partial charge < -0.3 is 14.8 Å². The van der Waals surface area contributed by atoms with Gasteiger partial charge >= 0.3 is 0 Å². The molecule has 0 bridgehead atoms. The molecule has 1 aliphatic heterocycles. The predicted octanol–water partition coefficient (Wildman–Crippen LogP) is 2.00. The molecule has 0 aromatic heterocycles. The quantitative estimate of drug-likeness (QED) is 0.772. The molecule has 19 heavy (non-hydrogen) atoms. The molecule has 0 radical (unpaired) electrons. The van der Waals surface area contributed by atoms with Gasteiger partial charge in [0, 0.05) is 25.1 Å². The van der Waals surface area contributed by atoms with Crippen LogP contribution in [0.25, 0.3) is 0 Å². The van der Waals surface area contributed by atoms with Gasteiger partial charge in [0.25, 0.3) is 6.43 Å². The van der Waals surface area contributed by atoms with Gasteiger partial charge in [-0.3, -0.25) is 0 Å². The van der Waals surface area contributed by atoms with Crippen molar-refractivity contribution in [2.24, 2.45) is 0 Å². The monoisotopic (exact) mass is 275 g/mol. The summed E-state index contributed by atoms with van der Waals surface area (Å²) in [6, 6.07) is 4.46. The van der Waals surface area contributed by atoms with Crippen LogP contribution in [-0.4, -0.2) is 38.8 Å². The minimum absolute atomic E-state index is 0.0492. The van der Waals surface area contributed by atoms with E-state index in [0.29, 0.717) is 25.3 Å². The minimum Gasteiger partial charge on any atom is -0.488 e. The van der Waals surface area contributed by atoms with Crippen molar-refractivity contribution in [2.45, 2.75) is 19.0 Å². The largest absolute Gasteiger partial charge is 0.488 e. The van der Waals surface area contributed by atoms with Crippen molar-refractivity contribution in [3.63, 3.8) is 0 Å². The summed E-state index contributed by atoms with van der Waals surface area (Å²) in [6.45, 7) is 0.761. The number of rotatable bonds is 7. The molecule has 6 heteroatoms. The lowest BCUT2D eigenvalue weighted by atomic mass is 10.1. The smallest absolute Gasteiger partial charge is 0.261 e. The fourth-order valence-corrected chi connectivity index (χ4v) is 1.98. The number of halogens is 3. The van der Waals surface area contributed by atoms with Crippen LogP contribution in [0.2, 0.25) is 0 Å². The highest BCUT2D eigenvalue weighted by molar-refractivity contribution is 5.37. The van der Waals surface area contributed by atoms with E-state index in [1.807, 2.05) is 0 Å². The Kier molecular flexibility index (Phi) is 5.04. The topological polar surface area (TPSA) is 30.5 Å². The second kappa shape index (κ2) is 6.77. The van der Waals surface area contributed by atoms with Crippen LogP contribution in [0.15, 0.2) is 18.2 Å². The Balaban J connectivity index is 1.62. The number of fused-ring (bicyclic) bond motifs is 1. The van der Waals surface area contributed by atoms with E-state index in [1.54, 1.807) is 6.07 Å². The van der Waals surface area contributed by atoms with Crippen molar-refractivity contribution in [2.75, 3.05) is 26.3 Å². The number of hydrogen-bond donors (Lipinski definition) is 1. The van der Waals surface area contributed by atoms with Gasteiger partial charge in [-0.05, 0) is 18.2 Å². The minimum atomic E-state index is -2.43. The van der Waals surface area contributed by atoms with Crippen LogP contribution in [0.1, 0.15) is 5.56 Å². The fourth-order valence-electron chi connectivity index (χ4n) is 1.98. The molecule has 1 atom stereocenters. The summed E-state index contributed by atoms with van der Waals surface area (Å²) in [6.07, 6.45) is -1.83. The van der Waals surface area contributed by atoms with Crippen LogP contribution in [0, 0.1) is 5.82 Å². The van der Waals surface area contributed by atoms with Crippen molar-refractivity contribution >= 4 is 0 Å². The van der Waals surface area contributed by atoms with Gasteiger partial charge in [-0.1, -0.05) is 0 Å². The fraction of sp³-hybridized carbons (Fsp3) is 0.538. The zero-order valence-electron chi connectivity index (χ0n) is 10.4. The SMILES string of the molecule is Fc1ccc2c(c1)CC(CNCCOCC(F)F)O2. The third-order valence-corrected chi connectivity index (χ3v) is 2.80. The first-order valence-electron chi connectivity index (χ1n) is 6.17. The number of hydrogen-bond acceptors (Lipinski definition) is 3. The number of nitrogens with one attached hydrogen (secondary N) is 1. The van der Waals surface area contributed by atoms with Crippen LogP contribution in [-0.2, 0) is 11.2 Å². The second-order valence-corrected chi connectivity index (χ2v) is 4.37. The summed E-state index contributed by atoms with van der Waals surface area (Å²) in [5, 5.41) is 3.06. The molecule has 0 aliphatic carbocycles. The maximum absolute atomic E-state index is 13.0. The summed E-state index contributed by atoms with van der Waals surface area (Å²) < 4.78 is 46.9. The van der Waals surface area contributed by atoms with E-state index < -0.39 is 13.0 Å². The standard InChI is InChI=1S/C13H16F3NO2/c14-10-1-2-12-9(5-10)6-11(19-12)7-17-3-4-18-8-13(15)16/h1-2,5,11,13,17H,3-4,6-8H2. The molecule has 1 unspecified atom stereocenters. The molecular weight excluding hydrogens is 259 g/mol. The van der Waals surface area contributed by atoms with E-state index in [9.17, 15) is 13.2 Å². The van der Waals surface area contributed by atoms with Gasteiger partial charge in [0.2, 0.25) is 0 Å². The molecule has 3 nitrogen and oxygen atoms in total. The van der Waals surface area contributed by atoms with Gasteiger partial charge in [0.1, 0.15) is 24.3 Å². The molecule has 1 heterocycles. The van der Waals surface area contributed by atoms with Crippen molar-refractivity contribution < 1.29 is 22.6 Å². The van der Waals surface area contributed by atoms with Crippen molar-refractivity contribution in [1.29, 1.82) is 0 Å². The Labute approximate surface area is 109 Å². The first-order valence-corrected chi connectivity index (χ1v) is 6.17. The van der Waals surface area contributed by atoms with E-state index in [2.05, 4.69) is 5.32 Å². The van der Waals surface area contributed by atoms with Crippen molar-refractivity contribution in [3.05, 3.63) is 29.6 Å². The molecule has 106 valence electrons. The first kappa shape index (κ1) is 14.1. The summed E-state index contributed by atoms with van der Waals surface area (Å²) >= 11 is 0. The van der Waals surface area contributed by atoms with Crippen LogP contribution in [0.4, 0.5) is 13.2 Å². The Hall–Kier alpha value is -1.27. The zero-order valence-corrected chi connectivity index (χ0v) is 10.4. The van der Waals surface area contributed by atoms with Gasteiger partial charge in [-0.15, -0.1) is 0 Å². The Bertz CT molecular complexity index is 415. The Morgan fingerprint density at radius 2 is 2.26 bits per heavy atom. The number of benzene rings is 1. The average Bonchev–Trinajstić information content (AvgIpc) is 2.75. The highest BCUT2D eigenvalue weighted by Crippen LogP contribution is 2.28. The lowest BCUT2D eigenvalue weighted by Crippen LogP contribution is -2.32. The van der Waals surface area contributed by atoms with Gasteiger partial charge in [-0.25, -0.2) is 13.2 Å². The summed E-state index contributed by atoms with van der Waals surface area (Å²) in [4.78, 5) is 0. The maximum atomic E-state index is 13.0. The summed E-state index contributed by atoms with van der Waals surface area (Å²) in [5.41, 5.74) is 0.862. The number of ether oxygens (including phenoxy) is 2. The van der Waals surface area contributed by atoms with E-state index in [4.69, 9.17) is 9.47 Å².